The van der Waals surface area contributed by atoms with E-state index in [-0.39, 0.29) is 68.6 Å². The predicted molar refractivity (Wildman–Crippen MR) is 362 cm³/mol. The summed E-state index contributed by atoms with van der Waals surface area (Å²) in [5.41, 5.74) is 9.35. The number of halogens is 1. The number of fused-ring (bicyclic) bond motifs is 6. The first kappa shape index (κ1) is 70.3. The summed E-state index contributed by atoms with van der Waals surface area (Å²) in [6, 6.07) is 21.6. The van der Waals surface area contributed by atoms with Crippen molar-refractivity contribution in [1.29, 1.82) is 0 Å². The summed E-state index contributed by atoms with van der Waals surface area (Å²) in [6.45, 7) is 39.3. The molecule has 13 nitrogen and oxygen atoms in total. The molecule has 88 heavy (non-hydrogen) atoms. The summed E-state index contributed by atoms with van der Waals surface area (Å²) in [5.74, 6) is -0.694. The van der Waals surface area contributed by atoms with E-state index in [9.17, 15) is 28.4 Å². The first-order valence-corrected chi connectivity index (χ1v) is 33.9. The van der Waals surface area contributed by atoms with Crippen molar-refractivity contribution in [1.82, 2.24) is 40.9 Å². The van der Waals surface area contributed by atoms with Crippen LogP contribution in [0.5, 0.6) is 0 Å². The number of nitrogens with one attached hydrogen (secondary N) is 4. The van der Waals surface area contributed by atoms with Crippen LogP contribution in [-0.4, -0.2) is 127 Å². The molecule has 0 unspecified atom stereocenters. The van der Waals surface area contributed by atoms with E-state index in [4.69, 9.17) is 0 Å². The molecule has 3 saturated heterocycles. The molecule has 3 heterocycles. The van der Waals surface area contributed by atoms with E-state index in [0.29, 0.717) is 28.1 Å². The first-order chi connectivity index (χ1) is 41.3. The summed E-state index contributed by atoms with van der Waals surface area (Å²) in [7, 11) is 1.99. The number of amides is 5. The number of likely N-dealkylation sites (tertiary alicyclic amines) is 3. The van der Waals surface area contributed by atoms with Crippen LogP contribution < -0.4 is 21.3 Å². The third kappa shape index (κ3) is 18.7. The molecule has 494 valence electrons. The van der Waals surface area contributed by atoms with Gasteiger partial charge >= 0.3 is 0 Å². The van der Waals surface area contributed by atoms with E-state index in [2.05, 4.69) is 147 Å². The second kappa shape index (κ2) is 29.8. The van der Waals surface area contributed by atoms with Crippen molar-refractivity contribution in [3.05, 3.63) is 106 Å². The Kier molecular flexibility index (Phi) is 23.8. The fraction of sp³-hybridized carbons (Fsp3) is 0.689. The lowest BCUT2D eigenvalue weighted by Gasteiger charge is -2.48. The highest BCUT2D eigenvalue weighted by Crippen LogP contribution is 2.52. The molecular formula is C74H121FN8O5. The van der Waals surface area contributed by atoms with Crippen molar-refractivity contribution in [2.45, 2.75) is 246 Å². The van der Waals surface area contributed by atoms with Gasteiger partial charge < -0.3 is 40.9 Å². The standard InChI is InChI=1S/C25H38FN3O2.C25H39N3O2.C24H38N2O.3H2/c1-17(27-18(2)30)23(31)28-22-8-9-25(21-16-19(26)6-7-20(21)22)11-14-29(15-12-25)13-10-24(3,4)5;1-18(26-19(2)29)23(30)27-22-10-11-25(21-9-7-6-8-20(21)22)13-16-28(17-14-25)15-12-24(3,4)5;1-6-22(27)25(5)21-11-12-24(20-10-8-7-9-19(20)21)14-17-26(18-15-24)16-13-23(2,3)4;;;/h6-7,16-17,22H,8-15H2,1-5H3,(H,27,30)(H,28,31);6-9,18,22H,10-17H2,1-5H3,(H,26,29)(H,27,30);7-10,21H,6,11-18H2,1-5H3;3*1H/t17-,22-;18-,22-;21-;;;/m110.../s1. The third-order valence-corrected chi connectivity index (χ3v) is 20.9. The maximum atomic E-state index is 14.3. The van der Waals surface area contributed by atoms with E-state index in [1.165, 1.54) is 120 Å². The summed E-state index contributed by atoms with van der Waals surface area (Å²) in [5, 5.41) is 11.6. The minimum atomic E-state index is -0.594. The zero-order chi connectivity index (χ0) is 64.4. The summed E-state index contributed by atoms with van der Waals surface area (Å²) in [4.78, 5) is 69.9. The molecule has 5 atom stereocenters. The molecule has 0 aromatic heterocycles. The van der Waals surface area contributed by atoms with Gasteiger partial charge in [0.1, 0.15) is 17.9 Å². The summed E-state index contributed by atoms with van der Waals surface area (Å²) >= 11 is 0. The van der Waals surface area contributed by atoms with Crippen molar-refractivity contribution < 1.29 is 32.6 Å². The molecule has 9 rings (SSSR count). The average Bonchev–Trinajstić information content (AvgIpc) is 0.781. The lowest BCUT2D eigenvalue weighted by molar-refractivity contribution is -0.132. The number of hydrogen-bond acceptors (Lipinski definition) is 8. The van der Waals surface area contributed by atoms with Crippen LogP contribution in [-0.2, 0) is 40.2 Å². The van der Waals surface area contributed by atoms with Crippen LogP contribution in [0, 0.1) is 22.1 Å². The molecule has 3 aromatic rings. The lowest BCUT2D eigenvalue weighted by atomic mass is 9.63. The number of benzene rings is 3. The van der Waals surface area contributed by atoms with Gasteiger partial charge in [0, 0.05) is 31.6 Å². The zero-order valence-electron chi connectivity index (χ0n) is 57.1. The predicted octanol–water partition coefficient (Wildman–Crippen LogP) is 13.9. The third-order valence-electron chi connectivity index (χ3n) is 20.9. The van der Waals surface area contributed by atoms with Gasteiger partial charge in [-0.1, -0.05) is 124 Å². The molecule has 6 aliphatic rings. The molecule has 3 aliphatic heterocycles. The SMILES string of the molecule is CC(=O)N[C@H](C)C(=O)N[C@@H]1CCC2(CCN(CCC(C)(C)C)CC2)c2cc(F)ccc21.CC(=O)N[C@H](C)C(=O)N[C@@H]1CCC2(CCN(CCC(C)(C)C)CC2)c2ccccc21.CCC(=O)N(C)[C@H]1CCC2(CCN(CCC(C)(C)C)CC2)c2ccccc21.[HH].[HH].[HH]. The smallest absolute Gasteiger partial charge is 0.242 e. The van der Waals surface area contributed by atoms with E-state index < -0.39 is 12.1 Å². The number of hydrogen-bond donors (Lipinski definition) is 4. The Morgan fingerprint density at radius 3 is 1.27 bits per heavy atom. The number of rotatable bonds is 14. The number of nitrogens with zero attached hydrogens (tertiary/aromatic N) is 4. The lowest BCUT2D eigenvalue weighted by Crippen LogP contribution is -2.49. The Morgan fingerprint density at radius 1 is 0.534 bits per heavy atom. The fourth-order valence-corrected chi connectivity index (χ4v) is 15.1. The van der Waals surface area contributed by atoms with Crippen molar-refractivity contribution in [3.63, 3.8) is 0 Å². The van der Waals surface area contributed by atoms with Crippen molar-refractivity contribution in [2.75, 3.05) is 66.0 Å². The molecule has 5 amide bonds. The van der Waals surface area contributed by atoms with Gasteiger partial charge in [0.05, 0.1) is 18.1 Å². The Morgan fingerprint density at radius 2 is 0.886 bits per heavy atom. The van der Waals surface area contributed by atoms with E-state index >= 15 is 0 Å². The highest BCUT2D eigenvalue weighted by Gasteiger charge is 2.46. The van der Waals surface area contributed by atoms with E-state index in [0.717, 1.165) is 88.8 Å². The number of carbonyl (C=O) groups excluding carboxylic acids is 5. The van der Waals surface area contributed by atoms with Gasteiger partial charge in [0.2, 0.25) is 29.5 Å². The molecule has 3 aliphatic carbocycles. The van der Waals surface area contributed by atoms with Crippen LogP contribution in [0.2, 0.25) is 0 Å². The van der Waals surface area contributed by atoms with Crippen LogP contribution in [0.25, 0.3) is 0 Å². The van der Waals surface area contributed by atoms with Crippen LogP contribution >= 0.6 is 0 Å². The highest BCUT2D eigenvalue weighted by atomic mass is 19.1. The normalized spacial score (nSPS) is 22.2. The highest BCUT2D eigenvalue weighted by molar-refractivity contribution is 5.87. The van der Waals surface area contributed by atoms with Gasteiger partial charge in [-0.15, -0.1) is 0 Å². The van der Waals surface area contributed by atoms with Gasteiger partial charge in [-0.2, -0.15) is 0 Å². The average molecular weight is 1220 g/mol. The largest absolute Gasteiger partial charge is 0.348 e. The van der Waals surface area contributed by atoms with Crippen LogP contribution in [0.15, 0.2) is 66.7 Å². The monoisotopic (exact) mass is 1220 g/mol. The Labute approximate surface area is 535 Å². The Bertz CT molecular complexity index is 2840. The quantitative estimate of drug-likeness (QED) is 0.125. The number of carbonyl (C=O) groups is 5. The Hall–Kier alpha value is -5.18. The molecule has 4 N–H and O–H groups in total. The second-order valence-corrected chi connectivity index (χ2v) is 31.2. The summed E-state index contributed by atoms with van der Waals surface area (Å²) < 4.78 is 14.3. The Balaban J connectivity index is 0.000000287. The maximum absolute atomic E-state index is 14.3. The molecule has 0 bridgehead atoms. The maximum Gasteiger partial charge on any atom is 0.242 e. The van der Waals surface area contributed by atoms with Gasteiger partial charge in [-0.25, -0.2) is 4.39 Å². The van der Waals surface area contributed by atoms with E-state index in [1.807, 2.05) is 24.9 Å². The number of piperidine rings is 3. The molecule has 3 aromatic carbocycles. The van der Waals surface area contributed by atoms with Gasteiger partial charge in [0.25, 0.3) is 0 Å². The summed E-state index contributed by atoms with van der Waals surface area (Å²) in [6.07, 6.45) is 17.3. The fourth-order valence-electron chi connectivity index (χ4n) is 15.1. The van der Waals surface area contributed by atoms with Crippen molar-refractivity contribution in [3.8, 4) is 0 Å². The molecule has 0 saturated carbocycles. The molecule has 3 spiro atoms. The van der Waals surface area contributed by atoms with Crippen LogP contribution in [0.4, 0.5) is 4.39 Å². The van der Waals surface area contributed by atoms with E-state index in [1.54, 1.807) is 19.9 Å². The first-order valence-electron chi connectivity index (χ1n) is 33.9. The topological polar surface area (TPSA) is 146 Å². The van der Waals surface area contributed by atoms with Crippen molar-refractivity contribution in [2.24, 2.45) is 16.2 Å². The zero-order valence-corrected chi connectivity index (χ0v) is 57.1. The van der Waals surface area contributed by atoms with Gasteiger partial charge in [0.15, 0.2) is 0 Å². The minimum absolute atomic E-state index is 0. The van der Waals surface area contributed by atoms with Gasteiger partial charge in [-0.05, 0) is 247 Å². The minimum Gasteiger partial charge on any atom is -0.348 e. The van der Waals surface area contributed by atoms with Crippen LogP contribution in [0.1, 0.15) is 255 Å². The molecule has 3 fully saturated rings. The van der Waals surface area contributed by atoms with Gasteiger partial charge in [-0.3, -0.25) is 24.0 Å². The second-order valence-electron chi connectivity index (χ2n) is 31.2. The molecule has 14 heteroatoms. The molecule has 0 radical (unpaired) electrons. The van der Waals surface area contributed by atoms with Crippen molar-refractivity contribution >= 4 is 29.5 Å². The molecular weight excluding hydrogens is 1100 g/mol. The van der Waals surface area contributed by atoms with Crippen LogP contribution in [0.3, 0.4) is 0 Å².